The van der Waals surface area contributed by atoms with Gasteiger partial charge in [-0.15, -0.1) is 0 Å². The summed E-state index contributed by atoms with van der Waals surface area (Å²) in [7, 11) is 2.57. The SMILES string of the molecule is C=C/C=C1/CC(C(=O)OC)(C(=O)OC)CC1C. The number of carbonyl (C=O) groups excluding carboxylic acids is 2. The molecule has 0 saturated heterocycles. The van der Waals surface area contributed by atoms with Gasteiger partial charge in [0.2, 0.25) is 0 Å². The van der Waals surface area contributed by atoms with Crippen molar-refractivity contribution in [3.05, 3.63) is 24.3 Å². The molecular formula is C13H18O4. The van der Waals surface area contributed by atoms with Crippen molar-refractivity contribution in [2.24, 2.45) is 11.3 Å². The van der Waals surface area contributed by atoms with E-state index in [4.69, 9.17) is 9.47 Å². The van der Waals surface area contributed by atoms with E-state index in [1.54, 1.807) is 6.08 Å². The van der Waals surface area contributed by atoms with Crippen LogP contribution in [0.4, 0.5) is 0 Å². The van der Waals surface area contributed by atoms with Crippen molar-refractivity contribution in [1.82, 2.24) is 0 Å². The van der Waals surface area contributed by atoms with Crippen molar-refractivity contribution in [3.63, 3.8) is 0 Å². The minimum absolute atomic E-state index is 0.145. The highest BCUT2D eigenvalue weighted by Gasteiger charge is 2.54. The van der Waals surface area contributed by atoms with E-state index >= 15 is 0 Å². The molecule has 0 aromatic heterocycles. The highest BCUT2D eigenvalue weighted by molar-refractivity contribution is 6.01. The predicted molar refractivity (Wildman–Crippen MR) is 63.1 cm³/mol. The number of esters is 2. The maximum Gasteiger partial charge on any atom is 0.323 e. The quantitative estimate of drug-likeness (QED) is 0.556. The zero-order valence-corrected chi connectivity index (χ0v) is 10.5. The topological polar surface area (TPSA) is 52.6 Å². The molecule has 1 unspecified atom stereocenters. The third-order valence-electron chi connectivity index (χ3n) is 3.28. The fraction of sp³-hybridized carbons (Fsp3) is 0.538. The molecule has 0 heterocycles. The van der Waals surface area contributed by atoms with E-state index in [0.717, 1.165) is 5.57 Å². The van der Waals surface area contributed by atoms with E-state index in [1.165, 1.54) is 14.2 Å². The zero-order valence-electron chi connectivity index (χ0n) is 10.5. The summed E-state index contributed by atoms with van der Waals surface area (Å²) in [6.45, 7) is 5.60. The van der Waals surface area contributed by atoms with Gasteiger partial charge >= 0.3 is 11.9 Å². The third kappa shape index (κ3) is 2.25. The van der Waals surface area contributed by atoms with E-state index < -0.39 is 17.4 Å². The Morgan fingerprint density at radius 1 is 1.35 bits per heavy atom. The standard InChI is InChI=1S/C13H18O4/c1-5-6-10-8-13(7-9(10)2,11(14)16-3)12(15)17-4/h5-6,9H,1,7-8H2,2-4H3/b10-6-. The normalized spacial score (nSPS) is 24.4. The third-order valence-corrected chi connectivity index (χ3v) is 3.28. The summed E-state index contributed by atoms with van der Waals surface area (Å²) in [5, 5.41) is 0. The van der Waals surface area contributed by atoms with Crippen LogP contribution < -0.4 is 0 Å². The molecule has 0 N–H and O–H groups in total. The summed E-state index contributed by atoms with van der Waals surface area (Å²) in [6.07, 6.45) is 4.28. The molecule has 1 aliphatic rings. The van der Waals surface area contributed by atoms with Gasteiger partial charge in [0.25, 0.3) is 0 Å². The summed E-state index contributed by atoms with van der Waals surface area (Å²) in [5.41, 5.74) is -0.159. The Labute approximate surface area is 101 Å². The number of ether oxygens (including phenoxy) is 2. The lowest BCUT2D eigenvalue weighted by Gasteiger charge is -2.22. The fourth-order valence-corrected chi connectivity index (χ4v) is 2.41. The molecule has 17 heavy (non-hydrogen) atoms. The van der Waals surface area contributed by atoms with Crippen LogP contribution in [-0.4, -0.2) is 26.2 Å². The number of rotatable bonds is 3. The predicted octanol–water partition coefficient (Wildman–Crippen LogP) is 1.86. The Morgan fingerprint density at radius 2 is 1.88 bits per heavy atom. The van der Waals surface area contributed by atoms with Crippen LogP contribution in [0.3, 0.4) is 0 Å². The van der Waals surface area contributed by atoms with Crippen molar-refractivity contribution in [2.75, 3.05) is 14.2 Å². The average molecular weight is 238 g/mol. The smallest absolute Gasteiger partial charge is 0.323 e. The second kappa shape index (κ2) is 5.17. The molecule has 0 bridgehead atoms. The Bertz CT molecular complexity index is 352. The first-order valence-corrected chi connectivity index (χ1v) is 5.50. The molecule has 0 spiro atoms. The van der Waals surface area contributed by atoms with Crippen LogP contribution in [0.1, 0.15) is 19.8 Å². The van der Waals surface area contributed by atoms with E-state index in [0.29, 0.717) is 12.8 Å². The molecule has 1 saturated carbocycles. The van der Waals surface area contributed by atoms with Gasteiger partial charge in [-0.2, -0.15) is 0 Å². The number of hydrogen-bond donors (Lipinski definition) is 0. The van der Waals surface area contributed by atoms with E-state index in [-0.39, 0.29) is 5.92 Å². The van der Waals surface area contributed by atoms with E-state index in [1.807, 2.05) is 13.0 Å². The van der Waals surface area contributed by atoms with Gasteiger partial charge in [-0.3, -0.25) is 9.59 Å². The Hall–Kier alpha value is -1.58. The van der Waals surface area contributed by atoms with Gasteiger partial charge in [-0.25, -0.2) is 0 Å². The molecule has 1 fully saturated rings. The van der Waals surface area contributed by atoms with Crippen LogP contribution >= 0.6 is 0 Å². The summed E-state index contributed by atoms with van der Waals surface area (Å²) in [4.78, 5) is 23.7. The van der Waals surface area contributed by atoms with Gasteiger partial charge in [-0.05, 0) is 18.8 Å². The van der Waals surface area contributed by atoms with Crippen LogP contribution in [0.15, 0.2) is 24.3 Å². The summed E-state index contributed by atoms with van der Waals surface area (Å²) < 4.78 is 9.48. The van der Waals surface area contributed by atoms with Crippen LogP contribution in [0.2, 0.25) is 0 Å². The molecular weight excluding hydrogens is 220 g/mol. The molecule has 1 rings (SSSR count). The van der Waals surface area contributed by atoms with Gasteiger partial charge in [0.1, 0.15) is 0 Å². The van der Waals surface area contributed by atoms with Crippen LogP contribution in [-0.2, 0) is 19.1 Å². The molecule has 1 aliphatic carbocycles. The average Bonchev–Trinajstić information content (AvgIpc) is 2.66. The van der Waals surface area contributed by atoms with Crippen molar-refractivity contribution in [2.45, 2.75) is 19.8 Å². The molecule has 4 heteroatoms. The Balaban J connectivity index is 3.12. The lowest BCUT2D eigenvalue weighted by atomic mass is 9.85. The molecule has 94 valence electrons. The van der Waals surface area contributed by atoms with Crippen LogP contribution in [0, 0.1) is 11.3 Å². The van der Waals surface area contributed by atoms with Crippen molar-refractivity contribution >= 4 is 11.9 Å². The van der Waals surface area contributed by atoms with Crippen LogP contribution in [0.25, 0.3) is 0 Å². The molecule has 0 amide bonds. The summed E-state index contributed by atoms with van der Waals surface area (Å²) in [5.74, 6) is -0.904. The first kappa shape index (κ1) is 13.5. The molecule has 1 atom stereocenters. The largest absolute Gasteiger partial charge is 0.468 e. The lowest BCUT2D eigenvalue weighted by Crippen LogP contribution is -2.39. The summed E-state index contributed by atoms with van der Waals surface area (Å²) in [6, 6.07) is 0. The Kier molecular flexibility index (Phi) is 4.10. The Morgan fingerprint density at radius 3 is 2.29 bits per heavy atom. The van der Waals surface area contributed by atoms with Gasteiger partial charge in [0.15, 0.2) is 5.41 Å². The number of allylic oxidation sites excluding steroid dienone is 3. The van der Waals surface area contributed by atoms with Gasteiger partial charge in [-0.1, -0.05) is 31.2 Å². The van der Waals surface area contributed by atoms with E-state index in [2.05, 4.69) is 6.58 Å². The minimum Gasteiger partial charge on any atom is -0.468 e. The summed E-state index contributed by atoms with van der Waals surface area (Å²) >= 11 is 0. The van der Waals surface area contributed by atoms with Crippen molar-refractivity contribution in [1.29, 1.82) is 0 Å². The van der Waals surface area contributed by atoms with Crippen molar-refractivity contribution in [3.8, 4) is 0 Å². The first-order valence-electron chi connectivity index (χ1n) is 5.50. The second-order valence-corrected chi connectivity index (χ2v) is 4.32. The lowest BCUT2D eigenvalue weighted by molar-refractivity contribution is -0.168. The fourth-order valence-electron chi connectivity index (χ4n) is 2.41. The number of hydrogen-bond acceptors (Lipinski definition) is 4. The zero-order chi connectivity index (χ0) is 13.1. The van der Waals surface area contributed by atoms with Crippen molar-refractivity contribution < 1.29 is 19.1 Å². The molecule has 0 aliphatic heterocycles. The molecule has 0 aromatic rings. The highest BCUT2D eigenvalue weighted by atomic mass is 16.5. The van der Waals surface area contributed by atoms with Gasteiger partial charge in [0.05, 0.1) is 14.2 Å². The maximum absolute atomic E-state index is 11.9. The monoisotopic (exact) mass is 238 g/mol. The molecule has 4 nitrogen and oxygen atoms in total. The molecule has 0 radical (unpaired) electrons. The highest BCUT2D eigenvalue weighted by Crippen LogP contribution is 2.46. The first-order chi connectivity index (χ1) is 8.01. The second-order valence-electron chi connectivity index (χ2n) is 4.32. The van der Waals surface area contributed by atoms with Crippen LogP contribution in [0.5, 0.6) is 0 Å². The number of carbonyl (C=O) groups is 2. The van der Waals surface area contributed by atoms with Gasteiger partial charge < -0.3 is 9.47 Å². The number of methoxy groups -OCH3 is 2. The maximum atomic E-state index is 11.9. The van der Waals surface area contributed by atoms with E-state index in [9.17, 15) is 9.59 Å². The van der Waals surface area contributed by atoms with Gasteiger partial charge in [0, 0.05) is 0 Å². The minimum atomic E-state index is -1.18. The molecule has 0 aromatic carbocycles.